The van der Waals surface area contributed by atoms with Crippen LogP contribution in [0.4, 0.5) is 0 Å². The first-order chi connectivity index (χ1) is 8.11. The van der Waals surface area contributed by atoms with Gasteiger partial charge in [-0.15, -0.1) is 0 Å². The molecule has 140 valence electrons. The molecule has 2 saturated carbocycles. The summed E-state index contributed by atoms with van der Waals surface area (Å²) in [6.07, 6.45) is 13.3. The van der Waals surface area contributed by atoms with Gasteiger partial charge < -0.3 is 14.9 Å². The Bertz CT molecular complexity index is 178. The molecule has 0 N–H and O–H groups in total. The molecule has 2 rings (SSSR count). The molecule has 0 nitrogen and oxygen atoms in total. The van der Waals surface area contributed by atoms with Gasteiger partial charge in [0.1, 0.15) is 0 Å². The van der Waals surface area contributed by atoms with Crippen LogP contribution in [0.2, 0.25) is 0 Å². The monoisotopic (exact) mass is 478 g/mol. The minimum atomic E-state index is 0. The molecule has 2 radical (unpaired) electrons. The van der Waals surface area contributed by atoms with Crippen LogP contribution in [0.15, 0.2) is 0 Å². The van der Waals surface area contributed by atoms with E-state index in [2.05, 4.69) is 27.7 Å². The largest absolute Gasteiger partial charge is 0.358 e. The minimum absolute atomic E-state index is 0. The molecular weight excluding hydrogens is 430 g/mol. The topological polar surface area (TPSA) is 0 Å². The van der Waals surface area contributed by atoms with Crippen molar-refractivity contribution in [3.05, 3.63) is 14.9 Å². The van der Waals surface area contributed by atoms with Crippen LogP contribution in [0.25, 0.3) is 0 Å². The van der Waals surface area contributed by atoms with E-state index < -0.39 is 0 Å². The Morgan fingerprint density at radius 2 is 1.04 bits per heavy atom. The van der Waals surface area contributed by atoms with Gasteiger partial charge in [-0.1, -0.05) is 93.9 Å². The maximum absolute atomic E-state index is 2.38. The summed E-state index contributed by atoms with van der Waals surface area (Å²) in [7, 11) is 0. The van der Waals surface area contributed by atoms with E-state index in [1.54, 1.807) is 0 Å². The molecule has 0 aliphatic heterocycles. The fourth-order valence-corrected chi connectivity index (χ4v) is 3.47. The van der Waals surface area contributed by atoms with E-state index in [-0.39, 0.29) is 95.1 Å². The fraction of sp³-hybridized carbons (Fsp3) is 0.905. The maximum Gasteiger partial charge on any atom is 0 e. The Labute approximate surface area is 202 Å². The van der Waals surface area contributed by atoms with Gasteiger partial charge in [0.15, 0.2) is 0 Å². The summed E-state index contributed by atoms with van der Waals surface area (Å²) < 4.78 is 0. The molecule has 2 heteroatoms. The fourth-order valence-electron chi connectivity index (χ4n) is 3.47. The maximum atomic E-state index is 2.38. The summed E-state index contributed by atoms with van der Waals surface area (Å²) in [5.74, 6) is 4.12. The minimum Gasteiger partial charge on any atom is -0.358 e. The quantitative estimate of drug-likeness (QED) is 0.333. The molecular formula is C21H48Y2-2. The van der Waals surface area contributed by atoms with Gasteiger partial charge in [0, 0.05) is 65.4 Å². The number of hydrogen-bond donors (Lipinski definition) is 0. The molecule has 0 saturated heterocycles. The zero-order valence-electron chi connectivity index (χ0n) is 15.8. The van der Waals surface area contributed by atoms with Gasteiger partial charge in [-0.3, -0.25) is 0 Å². The van der Waals surface area contributed by atoms with Crippen LogP contribution in [-0.2, 0) is 65.4 Å². The van der Waals surface area contributed by atoms with Crippen molar-refractivity contribution in [2.75, 3.05) is 0 Å². The van der Waals surface area contributed by atoms with Crippen molar-refractivity contribution in [2.45, 2.75) is 100 Å². The molecule has 0 amide bonds. The summed E-state index contributed by atoms with van der Waals surface area (Å²) in [5, 5.41) is 0. The summed E-state index contributed by atoms with van der Waals surface area (Å²) >= 11 is 0. The van der Waals surface area contributed by atoms with Crippen molar-refractivity contribution in [1.82, 2.24) is 0 Å². The Kier molecular flexibility index (Phi) is 42.1. The normalized spacial score (nSPS) is 28.2. The van der Waals surface area contributed by atoms with E-state index >= 15 is 0 Å². The summed E-state index contributed by atoms with van der Waals surface area (Å²) in [5.41, 5.74) is 0. The summed E-state index contributed by atoms with van der Waals surface area (Å²) in [6, 6.07) is 0. The molecule has 0 aromatic rings. The van der Waals surface area contributed by atoms with Crippen molar-refractivity contribution in [1.29, 1.82) is 0 Å². The molecule has 0 heterocycles. The Hall–Kier alpha value is 2.21. The Morgan fingerprint density at radius 1 is 0.652 bits per heavy atom. The van der Waals surface area contributed by atoms with Crippen LogP contribution in [-0.4, -0.2) is 0 Å². The molecule has 23 heavy (non-hydrogen) atoms. The van der Waals surface area contributed by atoms with Crippen molar-refractivity contribution < 1.29 is 65.4 Å². The molecule has 0 aromatic carbocycles. The molecule has 2 atom stereocenters. The van der Waals surface area contributed by atoms with Crippen LogP contribution < -0.4 is 0 Å². The van der Waals surface area contributed by atoms with Crippen LogP contribution in [0, 0.1) is 38.5 Å². The smallest absolute Gasteiger partial charge is 0 e. The number of hydrogen-bond acceptors (Lipinski definition) is 0. The molecule has 2 aliphatic carbocycles. The van der Waals surface area contributed by atoms with E-state index in [1.807, 2.05) is 0 Å². The van der Waals surface area contributed by atoms with Crippen LogP contribution in [0.5, 0.6) is 0 Å². The van der Waals surface area contributed by atoms with Crippen molar-refractivity contribution in [3.8, 4) is 0 Å². The third-order valence-corrected chi connectivity index (χ3v) is 4.91. The van der Waals surface area contributed by atoms with E-state index in [0.717, 1.165) is 23.7 Å². The molecule has 0 spiro atoms. The third-order valence-electron chi connectivity index (χ3n) is 4.91. The molecule has 2 fully saturated rings. The predicted molar refractivity (Wildman–Crippen MR) is 104 cm³/mol. The first-order valence-corrected chi connectivity index (χ1v) is 8.11. The van der Waals surface area contributed by atoms with Gasteiger partial charge in [0.05, 0.1) is 0 Å². The van der Waals surface area contributed by atoms with Crippen LogP contribution in [0.3, 0.4) is 0 Å². The van der Waals surface area contributed by atoms with Crippen molar-refractivity contribution in [3.63, 3.8) is 0 Å². The van der Waals surface area contributed by atoms with Gasteiger partial charge >= 0.3 is 0 Å². The molecule has 0 bridgehead atoms. The average molecular weight is 478 g/mol. The van der Waals surface area contributed by atoms with Crippen molar-refractivity contribution in [2.24, 2.45) is 23.7 Å². The molecule has 0 aromatic heterocycles. The van der Waals surface area contributed by atoms with Gasteiger partial charge in [-0.25, -0.2) is 0 Å². The average Bonchev–Trinajstić information content (AvgIpc) is 2.30. The van der Waals surface area contributed by atoms with E-state index in [9.17, 15) is 0 Å². The van der Waals surface area contributed by atoms with Crippen LogP contribution >= 0.6 is 0 Å². The Balaban J connectivity index is -0.0000000500. The van der Waals surface area contributed by atoms with Gasteiger partial charge in [-0.2, -0.15) is 0 Å². The SMILES string of the molecule is C.C.CC1CCCC(C)C1.CCC1CCC(C)CC1.[CH3-].[CH3-].[Y].[Y]. The first-order valence-electron chi connectivity index (χ1n) is 8.11. The summed E-state index contributed by atoms with van der Waals surface area (Å²) in [6.45, 7) is 9.44. The van der Waals surface area contributed by atoms with Crippen molar-refractivity contribution >= 4 is 0 Å². The number of rotatable bonds is 1. The zero-order chi connectivity index (χ0) is 12.7. The van der Waals surface area contributed by atoms with E-state index in [0.29, 0.717) is 0 Å². The van der Waals surface area contributed by atoms with E-state index in [1.165, 1.54) is 57.8 Å². The standard InChI is InChI=1S/C9H18.C8H16.2CH4.2CH3.2Y/c1-3-9-6-4-8(2)5-7-9;1-7-4-3-5-8(2)6-7;;;;;;/h8-9H,3-7H2,1-2H3;7-8H,3-6H2,1-2H3;2*1H4;2*1H3;;/q;;;;2*-1;;. The third kappa shape index (κ3) is 20.4. The first kappa shape index (κ1) is 40.0. The Morgan fingerprint density at radius 3 is 1.30 bits per heavy atom. The predicted octanol–water partition coefficient (Wildman–Crippen LogP) is 8.22. The van der Waals surface area contributed by atoms with E-state index in [4.69, 9.17) is 0 Å². The second kappa shape index (κ2) is 24.2. The van der Waals surface area contributed by atoms with Gasteiger partial charge in [0.25, 0.3) is 0 Å². The summed E-state index contributed by atoms with van der Waals surface area (Å²) in [4.78, 5) is 0. The molecule has 2 aliphatic rings. The van der Waals surface area contributed by atoms with Gasteiger partial charge in [0.2, 0.25) is 0 Å². The second-order valence-corrected chi connectivity index (χ2v) is 6.91. The zero-order valence-corrected chi connectivity index (χ0v) is 21.5. The second-order valence-electron chi connectivity index (χ2n) is 6.91. The van der Waals surface area contributed by atoms with Gasteiger partial charge in [-0.05, 0) is 30.1 Å². The molecule has 2 unspecified atom stereocenters. The van der Waals surface area contributed by atoms with Crippen LogP contribution in [0.1, 0.15) is 100 Å².